The number of nitrogens with one attached hydrogen (secondary N) is 1. The van der Waals surface area contributed by atoms with Crippen LogP contribution in [0.2, 0.25) is 0 Å². The fourth-order valence-corrected chi connectivity index (χ4v) is 4.07. The highest BCUT2D eigenvalue weighted by Gasteiger charge is 2.31. The molecule has 0 saturated carbocycles. The number of rotatable bonds is 12. The molecule has 0 unspecified atom stereocenters. The number of hydrogen-bond acceptors (Lipinski definition) is 4. The number of nitrogens with zero attached hydrogens (tertiary/aromatic N) is 1. The average Bonchev–Trinajstić information content (AvgIpc) is 2.89. The van der Waals surface area contributed by atoms with E-state index in [1.54, 1.807) is 42.3 Å². The van der Waals surface area contributed by atoms with E-state index in [9.17, 15) is 14.0 Å². The maximum atomic E-state index is 13.8. The molecular weight excluding hydrogens is 471 g/mol. The minimum atomic E-state index is -0.856. The van der Waals surface area contributed by atoms with Gasteiger partial charge < -0.3 is 19.7 Å². The molecule has 0 saturated heterocycles. The monoisotopic (exact) mass is 506 g/mol. The van der Waals surface area contributed by atoms with Crippen molar-refractivity contribution in [2.75, 3.05) is 20.8 Å². The van der Waals surface area contributed by atoms with E-state index in [1.165, 1.54) is 19.2 Å². The van der Waals surface area contributed by atoms with Gasteiger partial charge in [-0.15, -0.1) is 0 Å². The summed E-state index contributed by atoms with van der Waals surface area (Å²) in [5, 5.41) is 3.01. The molecule has 37 heavy (non-hydrogen) atoms. The third kappa shape index (κ3) is 7.81. The number of hydrogen-bond donors (Lipinski definition) is 1. The van der Waals surface area contributed by atoms with Gasteiger partial charge in [-0.1, -0.05) is 62.4 Å². The second-order valence-corrected chi connectivity index (χ2v) is 9.30. The first kappa shape index (κ1) is 27.7. The van der Waals surface area contributed by atoms with Crippen molar-refractivity contribution in [2.45, 2.75) is 39.3 Å². The van der Waals surface area contributed by atoms with Crippen LogP contribution in [0, 0.1) is 11.7 Å². The highest BCUT2D eigenvalue weighted by atomic mass is 19.1. The number of carbonyl (C=O) groups is 2. The first-order valence-electron chi connectivity index (χ1n) is 12.4. The molecule has 196 valence electrons. The first-order valence-corrected chi connectivity index (χ1v) is 12.4. The van der Waals surface area contributed by atoms with Crippen molar-refractivity contribution < 1.29 is 23.5 Å². The minimum absolute atomic E-state index is 0.0458. The standard InChI is InChI=1S/C30H35FN2O4/c1-21(2)16-17-32-30(35)29(24-8-6-5-7-9-24)33(20-22-10-13-25(31)14-11-22)28(34)19-23-12-15-26(36-3)27(18-23)37-4/h5-15,18,21,29H,16-17,19-20H2,1-4H3,(H,32,35)/t29-/m0/s1. The number of amides is 2. The van der Waals surface area contributed by atoms with Gasteiger partial charge >= 0.3 is 0 Å². The summed E-state index contributed by atoms with van der Waals surface area (Å²) in [5.41, 5.74) is 2.14. The Hall–Kier alpha value is -3.87. The van der Waals surface area contributed by atoms with E-state index in [0.717, 1.165) is 17.5 Å². The van der Waals surface area contributed by atoms with Crippen LogP contribution >= 0.6 is 0 Å². The average molecular weight is 507 g/mol. The van der Waals surface area contributed by atoms with Crippen LogP contribution in [0.1, 0.15) is 43.0 Å². The molecule has 1 atom stereocenters. The van der Waals surface area contributed by atoms with Gasteiger partial charge in [-0.3, -0.25) is 9.59 Å². The number of ether oxygens (including phenoxy) is 2. The number of halogens is 1. The van der Waals surface area contributed by atoms with E-state index >= 15 is 0 Å². The molecular formula is C30H35FN2O4. The normalized spacial score (nSPS) is 11.6. The summed E-state index contributed by atoms with van der Waals surface area (Å²) in [5.74, 6) is 0.645. The summed E-state index contributed by atoms with van der Waals surface area (Å²) >= 11 is 0. The van der Waals surface area contributed by atoms with Crippen molar-refractivity contribution in [3.05, 3.63) is 95.3 Å². The van der Waals surface area contributed by atoms with Crippen LogP contribution in [0.25, 0.3) is 0 Å². The topological polar surface area (TPSA) is 67.9 Å². The van der Waals surface area contributed by atoms with Crippen LogP contribution in [-0.2, 0) is 22.6 Å². The Balaban J connectivity index is 1.98. The van der Waals surface area contributed by atoms with E-state index in [-0.39, 0.29) is 30.6 Å². The maximum absolute atomic E-state index is 13.8. The summed E-state index contributed by atoms with van der Waals surface area (Å²) in [7, 11) is 3.09. The summed E-state index contributed by atoms with van der Waals surface area (Å²) in [6.45, 7) is 4.83. The molecule has 0 aliphatic rings. The van der Waals surface area contributed by atoms with Gasteiger partial charge in [0.15, 0.2) is 11.5 Å². The molecule has 0 aliphatic heterocycles. The fraction of sp³-hybridized carbons (Fsp3) is 0.333. The van der Waals surface area contributed by atoms with Gasteiger partial charge in [0.05, 0.1) is 20.6 Å². The van der Waals surface area contributed by atoms with E-state index in [1.807, 2.05) is 30.3 Å². The van der Waals surface area contributed by atoms with E-state index in [0.29, 0.717) is 29.5 Å². The van der Waals surface area contributed by atoms with Gasteiger partial charge in [-0.05, 0) is 53.3 Å². The minimum Gasteiger partial charge on any atom is -0.493 e. The molecule has 0 aliphatic carbocycles. The highest BCUT2D eigenvalue weighted by molar-refractivity contribution is 5.89. The zero-order chi connectivity index (χ0) is 26.8. The van der Waals surface area contributed by atoms with E-state index in [4.69, 9.17) is 9.47 Å². The largest absolute Gasteiger partial charge is 0.493 e. The van der Waals surface area contributed by atoms with Crippen molar-refractivity contribution in [1.82, 2.24) is 10.2 Å². The van der Waals surface area contributed by atoms with Gasteiger partial charge in [0.25, 0.3) is 0 Å². The first-order chi connectivity index (χ1) is 17.8. The molecule has 0 bridgehead atoms. The van der Waals surface area contributed by atoms with Gasteiger partial charge in [0.1, 0.15) is 11.9 Å². The van der Waals surface area contributed by atoms with Gasteiger partial charge in [-0.25, -0.2) is 4.39 Å². The Bertz CT molecular complexity index is 1170. The van der Waals surface area contributed by atoms with Crippen LogP contribution in [0.15, 0.2) is 72.8 Å². The van der Waals surface area contributed by atoms with Crippen molar-refractivity contribution >= 4 is 11.8 Å². The summed E-state index contributed by atoms with van der Waals surface area (Å²) in [4.78, 5) is 28.9. The molecule has 3 aromatic carbocycles. The number of carbonyl (C=O) groups excluding carboxylic acids is 2. The third-order valence-corrected chi connectivity index (χ3v) is 6.09. The molecule has 6 nitrogen and oxygen atoms in total. The highest BCUT2D eigenvalue weighted by Crippen LogP contribution is 2.29. The van der Waals surface area contributed by atoms with Crippen molar-refractivity contribution in [2.24, 2.45) is 5.92 Å². The summed E-state index contributed by atoms with van der Waals surface area (Å²) in [6, 6.07) is 19.7. The molecule has 3 rings (SSSR count). The lowest BCUT2D eigenvalue weighted by molar-refractivity contribution is -0.141. The molecule has 0 spiro atoms. The molecule has 0 heterocycles. The second-order valence-electron chi connectivity index (χ2n) is 9.30. The Morgan fingerprint density at radius 3 is 2.16 bits per heavy atom. The molecule has 0 fully saturated rings. The van der Waals surface area contributed by atoms with Crippen molar-refractivity contribution in [3.8, 4) is 11.5 Å². The van der Waals surface area contributed by atoms with Crippen LogP contribution in [0.5, 0.6) is 11.5 Å². The second kappa shape index (κ2) is 13.4. The lowest BCUT2D eigenvalue weighted by atomic mass is 10.0. The van der Waals surface area contributed by atoms with Crippen LogP contribution in [-0.4, -0.2) is 37.5 Å². The predicted molar refractivity (Wildman–Crippen MR) is 142 cm³/mol. The molecule has 2 amide bonds. The molecule has 7 heteroatoms. The Labute approximate surface area is 218 Å². The van der Waals surface area contributed by atoms with Gasteiger partial charge in [0, 0.05) is 13.1 Å². The van der Waals surface area contributed by atoms with E-state index in [2.05, 4.69) is 19.2 Å². The van der Waals surface area contributed by atoms with Crippen molar-refractivity contribution in [3.63, 3.8) is 0 Å². The molecule has 3 aromatic rings. The lowest BCUT2D eigenvalue weighted by Crippen LogP contribution is -2.44. The van der Waals surface area contributed by atoms with Crippen LogP contribution in [0.4, 0.5) is 4.39 Å². The SMILES string of the molecule is COc1ccc(CC(=O)N(Cc2ccc(F)cc2)[C@H](C(=O)NCCC(C)C)c2ccccc2)cc1OC. The van der Waals surface area contributed by atoms with Crippen LogP contribution in [0.3, 0.4) is 0 Å². The zero-order valence-electron chi connectivity index (χ0n) is 21.9. The molecule has 0 aromatic heterocycles. The third-order valence-electron chi connectivity index (χ3n) is 6.09. The smallest absolute Gasteiger partial charge is 0.247 e. The zero-order valence-corrected chi connectivity index (χ0v) is 21.9. The molecule has 1 N–H and O–H groups in total. The van der Waals surface area contributed by atoms with Gasteiger partial charge in [-0.2, -0.15) is 0 Å². The van der Waals surface area contributed by atoms with E-state index < -0.39 is 6.04 Å². The summed E-state index contributed by atoms with van der Waals surface area (Å²) in [6.07, 6.45) is 0.870. The summed E-state index contributed by atoms with van der Waals surface area (Å²) < 4.78 is 24.3. The Morgan fingerprint density at radius 2 is 1.54 bits per heavy atom. The number of methoxy groups -OCH3 is 2. The fourth-order valence-electron chi connectivity index (χ4n) is 4.07. The molecule has 0 radical (unpaired) electrons. The van der Waals surface area contributed by atoms with Gasteiger partial charge in [0.2, 0.25) is 11.8 Å². The van der Waals surface area contributed by atoms with Crippen molar-refractivity contribution in [1.29, 1.82) is 0 Å². The maximum Gasteiger partial charge on any atom is 0.247 e. The van der Waals surface area contributed by atoms with Crippen LogP contribution < -0.4 is 14.8 Å². The Kier molecular flexibility index (Phi) is 10.1. The number of benzene rings is 3. The predicted octanol–water partition coefficient (Wildman–Crippen LogP) is 5.32. The Morgan fingerprint density at radius 1 is 0.892 bits per heavy atom. The quantitative estimate of drug-likeness (QED) is 0.361. The lowest BCUT2D eigenvalue weighted by Gasteiger charge is -2.32.